The van der Waals surface area contributed by atoms with Gasteiger partial charge in [-0.15, -0.1) is 0 Å². The number of nitrogens with zero attached hydrogens (tertiary/aromatic N) is 1. The van der Waals surface area contributed by atoms with Crippen LogP contribution in [0.4, 0.5) is 5.69 Å². The van der Waals surface area contributed by atoms with E-state index in [-0.39, 0.29) is 16.8 Å². The lowest BCUT2D eigenvalue weighted by Crippen LogP contribution is -2.35. The van der Waals surface area contributed by atoms with Gasteiger partial charge in [0.2, 0.25) is 15.9 Å². The highest BCUT2D eigenvalue weighted by molar-refractivity contribution is 7.89. The van der Waals surface area contributed by atoms with E-state index >= 15 is 0 Å². The number of hydrogen-bond acceptors (Lipinski definition) is 3. The number of rotatable bonds is 5. The molecule has 0 radical (unpaired) electrons. The van der Waals surface area contributed by atoms with Gasteiger partial charge in [0.05, 0.1) is 4.90 Å². The normalized spacial score (nSPS) is 17.9. The van der Waals surface area contributed by atoms with Gasteiger partial charge >= 0.3 is 0 Å². The van der Waals surface area contributed by atoms with Crippen LogP contribution in [0.1, 0.15) is 39.2 Å². The minimum atomic E-state index is -3.46. The molecule has 0 spiro atoms. The van der Waals surface area contributed by atoms with Crippen molar-refractivity contribution in [2.75, 3.05) is 11.4 Å². The summed E-state index contributed by atoms with van der Waals surface area (Å²) in [4.78, 5) is 14.0. The second-order valence-corrected chi connectivity index (χ2v) is 7.13. The van der Waals surface area contributed by atoms with Crippen molar-refractivity contribution in [2.45, 2.75) is 51.0 Å². The Hall–Kier alpha value is -1.40. The van der Waals surface area contributed by atoms with Gasteiger partial charge in [-0.3, -0.25) is 4.79 Å². The van der Waals surface area contributed by atoms with E-state index in [4.69, 9.17) is 0 Å². The van der Waals surface area contributed by atoms with E-state index in [9.17, 15) is 13.2 Å². The summed E-state index contributed by atoms with van der Waals surface area (Å²) in [7, 11) is -3.46. The molecule has 0 fully saturated rings. The van der Waals surface area contributed by atoms with Gasteiger partial charge in [0.25, 0.3) is 0 Å². The second-order valence-electron chi connectivity index (χ2n) is 5.36. The second kappa shape index (κ2) is 6.15. The zero-order chi connectivity index (χ0) is 15.6. The summed E-state index contributed by atoms with van der Waals surface area (Å²) in [6.45, 7) is 6.16. The van der Waals surface area contributed by atoms with Crippen molar-refractivity contribution >= 4 is 21.6 Å². The molecule has 1 heterocycles. The van der Waals surface area contributed by atoms with Gasteiger partial charge in [0, 0.05) is 24.7 Å². The van der Waals surface area contributed by atoms with E-state index in [1.807, 2.05) is 20.8 Å². The number of hydrogen-bond donors (Lipinski definition) is 1. The molecule has 1 N–H and O–H groups in total. The lowest BCUT2D eigenvalue weighted by atomic mass is 10.1. The Bertz CT molecular complexity index is 640. The third kappa shape index (κ3) is 3.11. The summed E-state index contributed by atoms with van der Waals surface area (Å²) in [6, 6.07) is 5.08. The number of amides is 1. The molecule has 1 atom stereocenters. The molecule has 6 heteroatoms. The number of benzene rings is 1. The minimum absolute atomic E-state index is 0.0703. The zero-order valence-electron chi connectivity index (χ0n) is 12.7. The highest BCUT2D eigenvalue weighted by Crippen LogP contribution is 2.34. The zero-order valence-corrected chi connectivity index (χ0v) is 13.5. The van der Waals surface area contributed by atoms with Gasteiger partial charge in [-0.1, -0.05) is 13.8 Å². The molecule has 0 saturated heterocycles. The van der Waals surface area contributed by atoms with E-state index < -0.39 is 10.0 Å². The molecule has 0 unspecified atom stereocenters. The maximum atomic E-state index is 12.2. The fourth-order valence-electron chi connectivity index (χ4n) is 2.64. The molecular formula is C15H22N2O3S. The van der Waals surface area contributed by atoms with E-state index in [2.05, 4.69) is 4.72 Å². The van der Waals surface area contributed by atoms with Crippen molar-refractivity contribution in [1.82, 2.24) is 4.72 Å². The molecule has 1 aliphatic rings. The van der Waals surface area contributed by atoms with Crippen molar-refractivity contribution in [2.24, 2.45) is 0 Å². The van der Waals surface area contributed by atoms with Crippen molar-refractivity contribution in [3.8, 4) is 0 Å². The Balaban J connectivity index is 2.34. The Morgan fingerprint density at radius 2 is 2.10 bits per heavy atom. The fraction of sp³-hybridized carbons (Fsp3) is 0.533. The number of carbonyl (C=O) groups excluding carboxylic acids is 1. The summed E-state index contributed by atoms with van der Waals surface area (Å²) in [5, 5.41) is 0. The highest BCUT2D eigenvalue weighted by atomic mass is 32.2. The Morgan fingerprint density at radius 1 is 1.38 bits per heavy atom. The smallest absolute Gasteiger partial charge is 0.240 e. The largest absolute Gasteiger partial charge is 0.309 e. The molecule has 0 saturated carbocycles. The predicted octanol–water partition coefficient (Wildman–Crippen LogP) is 2.06. The van der Waals surface area contributed by atoms with E-state index in [1.165, 1.54) is 0 Å². The predicted molar refractivity (Wildman–Crippen MR) is 82.9 cm³/mol. The standard InChI is InChI=1S/C15H22N2O3S/c1-4-8-16-21(19,20)13-6-7-14-12(10-13)9-11(3)17(14)15(18)5-2/h6-7,10-11,16H,4-5,8-9H2,1-3H3/t11-/m0/s1. The molecule has 2 rings (SSSR count). The SMILES string of the molecule is CCCNS(=O)(=O)c1ccc2c(c1)C[C@H](C)N2C(=O)CC. The van der Waals surface area contributed by atoms with Crippen molar-refractivity contribution in [1.29, 1.82) is 0 Å². The Morgan fingerprint density at radius 3 is 2.71 bits per heavy atom. The van der Waals surface area contributed by atoms with Gasteiger partial charge < -0.3 is 4.90 Å². The molecule has 0 aromatic heterocycles. The Kier molecular flexibility index (Phi) is 4.68. The highest BCUT2D eigenvalue weighted by Gasteiger charge is 2.31. The third-order valence-corrected chi connectivity index (χ3v) is 5.15. The topological polar surface area (TPSA) is 66.5 Å². The van der Waals surface area contributed by atoms with Crippen LogP contribution in [0.3, 0.4) is 0 Å². The summed E-state index contributed by atoms with van der Waals surface area (Å²) >= 11 is 0. The molecular weight excluding hydrogens is 288 g/mol. The fourth-order valence-corrected chi connectivity index (χ4v) is 3.83. The van der Waals surface area contributed by atoms with Crippen LogP contribution < -0.4 is 9.62 Å². The van der Waals surface area contributed by atoms with Crippen LogP contribution in [0, 0.1) is 0 Å². The maximum Gasteiger partial charge on any atom is 0.240 e. The first-order valence-electron chi connectivity index (χ1n) is 7.35. The van der Waals surface area contributed by atoms with Crippen molar-refractivity contribution < 1.29 is 13.2 Å². The first kappa shape index (κ1) is 16.0. The first-order valence-corrected chi connectivity index (χ1v) is 8.83. The van der Waals surface area contributed by atoms with Crippen LogP contribution in [0.2, 0.25) is 0 Å². The van der Waals surface area contributed by atoms with Crippen LogP contribution in [0.25, 0.3) is 0 Å². The molecule has 116 valence electrons. The van der Waals surface area contributed by atoms with Crippen LogP contribution in [-0.4, -0.2) is 26.9 Å². The van der Waals surface area contributed by atoms with Crippen LogP contribution in [0.5, 0.6) is 0 Å². The van der Waals surface area contributed by atoms with Crippen LogP contribution in [-0.2, 0) is 21.2 Å². The molecule has 0 bridgehead atoms. The van der Waals surface area contributed by atoms with Crippen molar-refractivity contribution in [3.63, 3.8) is 0 Å². The number of anilines is 1. The van der Waals surface area contributed by atoms with Crippen LogP contribution >= 0.6 is 0 Å². The van der Waals surface area contributed by atoms with E-state index in [0.717, 1.165) is 17.7 Å². The first-order chi connectivity index (χ1) is 9.90. The molecule has 1 aromatic rings. The molecule has 5 nitrogen and oxygen atoms in total. The average Bonchev–Trinajstić information content (AvgIpc) is 2.79. The number of carbonyl (C=O) groups is 1. The summed E-state index contributed by atoms with van der Waals surface area (Å²) in [5.74, 6) is 0.0703. The van der Waals surface area contributed by atoms with Gasteiger partial charge in [-0.2, -0.15) is 0 Å². The molecule has 1 amide bonds. The van der Waals surface area contributed by atoms with Crippen LogP contribution in [0.15, 0.2) is 23.1 Å². The Labute approximate surface area is 126 Å². The quantitative estimate of drug-likeness (QED) is 0.905. The lowest BCUT2D eigenvalue weighted by Gasteiger charge is -2.22. The number of fused-ring (bicyclic) bond motifs is 1. The summed E-state index contributed by atoms with van der Waals surface area (Å²) in [5.41, 5.74) is 1.76. The molecule has 21 heavy (non-hydrogen) atoms. The van der Waals surface area contributed by atoms with Gasteiger partial charge in [0.1, 0.15) is 0 Å². The van der Waals surface area contributed by atoms with Gasteiger partial charge in [-0.05, 0) is 43.5 Å². The lowest BCUT2D eigenvalue weighted by molar-refractivity contribution is -0.118. The summed E-state index contributed by atoms with van der Waals surface area (Å²) < 4.78 is 26.9. The van der Waals surface area contributed by atoms with Crippen molar-refractivity contribution in [3.05, 3.63) is 23.8 Å². The maximum absolute atomic E-state index is 12.2. The monoisotopic (exact) mass is 310 g/mol. The molecule has 1 aromatic carbocycles. The minimum Gasteiger partial charge on any atom is -0.309 e. The summed E-state index contributed by atoms with van der Waals surface area (Å²) in [6.07, 6.45) is 1.89. The van der Waals surface area contributed by atoms with E-state index in [0.29, 0.717) is 19.4 Å². The third-order valence-electron chi connectivity index (χ3n) is 3.69. The van der Waals surface area contributed by atoms with E-state index in [1.54, 1.807) is 23.1 Å². The van der Waals surface area contributed by atoms with Gasteiger partial charge in [0.15, 0.2) is 0 Å². The molecule has 1 aliphatic heterocycles. The van der Waals surface area contributed by atoms with Gasteiger partial charge in [-0.25, -0.2) is 13.1 Å². The average molecular weight is 310 g/mol. The number of nitrogens with one attached hydrogen (secondary N) is 1. The number of sulfonamides is 1. The molecule has 0 aliphatic carbocycles.